The van der Waals surface area contributed by atoms with Crippen molar-refractivity contribution in [3.8, 4) is 5.75 Å². The SMILES string of the molecule is CCNC(=NCC1(c2ccccc2OC)CCCC1)N1CCC(C(=O)OC)CC1.I. The molecule has 1 saturated heterocycles. The van der Waals surface area contributed by atoms with Crippen molar-refractivity contribution in [1.82, 2.24) is 10.2 Å². The zero-order chi connectivity index (χ0) is 20.7. The van der Waals surface area contributed by atoms with Crippen LogP contribution in [0.3, 0.4) is 0 Å². The summed E-state index contributed by atoms with van der Waals surface area (Å²) in [5.74, 6) is 1.84. The van der Waals surface area contributed by atoms with Crippen molar-refractivity contribution < 1.29 is 14.3 Å². The lowest BCUT2D eigenvalue weighted by molar-refractivity contribution is -0.146. The number of rotatable bonds is 6. The second-order valence-corrected chi connectivity index (χ2v) is 8.14. The zero-order valence-corrected chi connectivity index (χ0v) is 20.8. The number of benzene rings is 1. The van der Waals surface area contributed by atoms with Gasteiger partial charge in [0.15, 0.2) is 5.96 Å². The van der Waals surface area contributed by atoms with Crippen molar-refractivity contribution in [3.63, 3.8) is 0 Å². The van der Waals surface area contributed by atoms with Gasteiger partial charge in [0.2, 0.25) is 0 Å². The summed E-state index contributed by atoms with van der Waals surface area (Å²) in [6.45, 7) is 5.34. The Labute approximate surface area is 197 Å². The van der Waals surface area contributed by atoms with E-state index < -0.39 is 0 Å². The highest BCUT2D eigenvalue weighted by molar-refractivity contribution is 14.0. The molecule has 1 saturated carbocycles. The fourth-order valence-electron chi connectivity index (χ4n) is 4.79. The summed E-state index contributed by atoms with van der Waals surface area (Å²) < 4.78 is 10.6. The third kappa shape index (κ3) is 5.59. The molecule has 0 amide bonds. The van der Waals surface area contributed by atoms with E-state index in [1.165, 1.54) is 25.5 Å². The van der Waals surface area contributed by atoms with Crippen LogP contribution in [-0.4, -0.2) is 57.2 Å². The third-order valence-corrected chi connectivity index (χ3v) is 6.43. The first-order chi connectivity index (χ1) is 14.1. The maximum Gasteiger partial charge on any atom is 0.308 e. The van der Waals surface area contributed by atoms with Crippen LogP contribution in [0.2, 0.25) is 0 Å². The van der Waals surface area contributed by atoms with Crippen LogP contribution in [0.4, 0.5) is 0 Å². The van der Waals surface area contributed by atoms with E-state index in [-0.39, 0.29) is 41.3 Å². The monoisotopic (exact) mass is 529 g/mol. The summed E-state index contributed by atoms with van der Waals surface area (Å²) in [7, 11) is 3.22. The van der Waals surface area contributed by atoms with E-state index in [0.717, 1.165) is 63.6 Å². The highest BCUT2D eigenvalue weighted by Gasteiger charge is 2.38. The van der Waals surface area contributed by atoms with Crippen LogP contribution in [-0.2, 0) is 14.9 Å². The number of aliphatic imine (C=N–C) groups is 1. The molecule has 30 heavy (non-hydrogen) atoms. The van der Waals surface area contributed by atoms with Crippen LogP contribution in [0.25, 0.3) is 0 Å². The molecule has 0 radical (unpaired) electrons. The topological polar surface area (TPSA) is 63.2 Å². The number of ether oxygens (including phenoxy) is 2. The lowest BCUT2D eigenvalue weighted by Gasteiger charge is -2.34. The summed E-state index contributed by atoms with van der Waals surface area (Å²) in [5, 5.41) is 3.46. The van der Waals surface area contributed by atoms with Crippen LogP contribution in [0.1, 0.15) is 51.0 Å². The van der Waals surface area contributed by atoms with E-state index in [4.69, 9.17) is 14.5 Å². The van der Waals surface area contributed by atoms with E-state index in [1.807, 2.05) is 6.07 Å². The number of para-hydroxylation sites is 1. The molecule has 2 fully saturated rings. The number of esters is 1. The quantitative estimate of drug-likeness (QED) is 0.262. The van der Waals surface area contributed by atoms with Gasteiger partial charge < -0.3 is 19.7 Å². The molecule has 1 aliphatic carbocycles. The van der Waals surface area contributed by atoms with Crippen molar-refractivity contribution in [1.29, 1.82) is 0 Å². The Morgan fingerprint density at radius 3 is 2.47 bits per heavy atom. The lowest BCUT2D eigenvalue weighted by Crippen LogP contribution is -2.47. The zero-order valence-electron chi connectivity index (χ0n) is 18.5. The minimum atomic E-state index is -0.0901. The Morgan fingerprint density at radius 2 is 1.87 bits per heavy atom. The predicted octanol–water partition coefficient (Wildman–Crippen LogP) is 3.98. The van der Waals surface area contributed by atoms with Crippen molar-refractivity contribution in [2.24, 2.45) is 10.9 Å². The fourth-order valence-corrected chi connectivity index (χ4v) is 4.79. The van der Waals surface area contributed by atoms with Gasteiger partial charge in [0.1, 0.15) is 5.75 Å². The molecule has 0 spiro atoms. The van der Waals surface area contributed by atoms with E-state index in [1.54, 1.807) is 7.11 Å². The Balaban J connectivity index is 0.00000320. The molecule has 3 rings (SSSR count). The second kappa shape index (κ2) is 11.8. The second-order valence-electron chi connectivity index (χ2n) is 8.14. The third-order valence-electron chi connectivity index (χ3n) is 6.43. The van der Waals surface area contributed by atoms with Crippen molar-refractivity contribution in [2.45, 2.75) is 50.9 Å². The summed E-state index contributed by atoms with van der Waals surface area (Å²) in [4.78, 5) is 19.2. The molecule has 0 atom stereocenters. The molecular formula is C23H36IN3O3. The van der Waals surface area contributed by atoms with Gasteiger partial charge in [-0.15, -0.1) is 24.0 Å². The van der Waals surface area contributed by atoms with Crippen LogP contribution in [0.5, 0.6) is 5.75 Å². The minimum Gasteiger partial charge on any atom is -0.496 e. The van der Waals surface area contributed by atoms with E-state index in [2.05, 4.69) is 35.3 Å². The number of nitrogens with one attached hydrogen (secondary N) is 1. The Hall–Kier alpha value is -1.51. The summed E-state index contributed by atoms with van der Waals surface area (Å²) in [5.41, 5.74) is 1.32. The number of carbonyl (C=O) groups excluding carboxylic acids is 1. The highest BCUT2D eigenvalue weighted by atomic mass is 127. The number of hydrogen-bond acceptors (Lipinski definition) is 4. The number of guanidine groups is 1. The highest BCUT2D eigenvalue weighted by Crippen LogP contribution is 2.45. The van der Waals surface area contributed by atoms with Gasteiger partial charge in [0, 0.05) is 30.6 Å². The van der Waals surface area contributed by atoms with Crippen molar-refractivity contribution in [3.05, 3.63) is 29.8 Å². The number of halogens is 1. The molecule has 2 aliphatic rings. The number of nitrogens with zero attached hydrogens (tertiary/aromatic N) is 2. The molecule has 1 aliphatic heterocycles. The molecule has 1 aromatic rings. The number of piperidine rings is 1. The van der Waals surface area contributed by atoms with Gasteiger partial charge in [-0.25, -0.2) is 0 Å². The first-order valence-corrected chi connectivity index (χ1v) is 10.9. The average molecular weight is 529 g/mol. The first kappa shape index (κ1) is 24.8. The number of likely N-dealkylation sites (tertiary alicyclic amines) is 1. The minimum absolute atomic E-state index is 0. The Kier molecular flexibility index (Phi) is 9.71. The molecule has 168 valence electrons. The van der Waals surface area contributed by atoms with E-state index >= 15 is 0 Å². The van der Waals surface area contributed by atoms with Crippen LogP contribution >= 0.6 is 24.0 Å². The fraction of sp³-hybridized carbons (Fsp3) is 0.652. The molecule has 6 nitrogen and oxygen atoms in total. The number of hydrogen-bond donors (Lipinski definition) is 1. The molecule has 1 aromatic carbocycles. The summed E-state index contributed by atoms with van der Waals surface area (Å²) in [6, 6.07) is 8.39. The molecular weight excluding hydrogens is 493 g/mol. The van der Waals surface area contributed by atoms with Crippen molar-refractivity contribution in [2.75, 3.05) is 40.4 Å². The van der Waals surface area contributed by atoms with Crippen LogP contribution in [0, 0.1) is 5.92 Å². The maximum absolute atomic E-state index is 11.8. The van der Waals surface area contributed by atoms with Gasteiger partial charge in [0.05, 0.1) is 26.7 Å². The molecule has 7 heteroatoms. The van der Waals surface area contributed by atoms with Gasteiger partial charge in [-0.2, -0.15) is 0 Å². The first-order valence-electron chi connectivity index (χ1n) is 10.9. The largest absolute Gasteiger partial charge is 0.496 e. The molecule has 0 bridgehead atoms. The van der Waals surface area contributed by atoms with Crippen molar-refractivity contribution >= 4 is 35.9 Å². The maximum atomic E-state index is 11.8. The summed E-state index contributed by atoms with van der Waals surface area (Å²) >= 11 is 0. The molecule has 1 heterocycles. The van der Waals surface area contributed by atoms with Gasteiger partial charge >= 0.3 is 5.97 Å². The number of carbonyl (C=O) groups is 1. The summed E-state index contributed by atoms with van der Waals surface area (Å²) in [6.07, 6.45) is 6.37. The van der Waals surface area contributed by atoms with Crippen LogP contribution in [0.15, 0.2) is 29.3 Å². The molecule has 0 unspecified atom stereocenters. The molecule has 0 aromatic heterocycles. The van der Waals surface area contributed by atoms with Gasteiger partial charge in [-0.3, -0.25) is 9.79 Å². The standard InChI is InChI=1S/C23H35N3O3.HI/c1-4-24-22(26-15-11-18(12-16-26)21(27)29-3)25-17-23(13-7-8-14-23)19-9-5-6-10-20(19)28-2;/h5-6,9-10,18H,4,7-8,11-17H2,1-3H3,(H,24,25);1H. The lowest BCUT2D eigenvalue weighted by atomic mass is 9.78. The average Bonchev–Trinajstić information content (AvgIpc) is 3.26. The van der Waals surface area contributed by atoms with Gasteiger partial charge in [-0.1, -0.05) is 31.0 Å². The Bertz CT molecular complexity index is 711. The van der Waals surface area contributed by atoms with E-state index in [9.17, 15) is 4.79 Å². The Morgan fingerprint density at radius 1 is 1.20 bits per heavy atom. The normalized spacial score (nSPS) is 19.2. The smallest absolute Gasteiger partial charge is 0.308 e. The molecule has 1 N–H and O–H groups in total. The van der Waals surface area contributed by atoms with Crippen LogP contribution < -0.4 is 10.1 Å². The van der Waals surface area contributed by atoms with E-state index in [0.29, 0.717) is 0 Å². The van der Waals surface area contributed by atoms with Gasteiger partial charge in [-0.05, 0) is 38.7 Å². The number of methoxy groups -OCH3 is 2. The van der Waals surface area contributed by atoms with Gasteiger partial charge in [0.25, 0.3) is 0 Å². The predicted molar refractivity (Wildman–Crippen MR) is 131 cm³/mol.